The van der Waals surface area contributed by atoms with Crippen molar-refractivity contribution in [2.45, 2.75) is 37.8 Å². The summed E-state index contributed by atoms with van der Waals surface area (Å²) in [6, 6.07) is 17.4. The van der Waals surface area contributed by atoms with E-state index in [1.807, 2.05) is 42.1 Å². The Morgan fingerprint density at radius 2 is 1.79 bits per heavy atom. The van der Waals surface area contributed by atoms with Crippen LogP contribution in [0.3, 0.4) is 0 Å². The molecule has 29 heavy (non-hydrogen) atoms. The SMILES string of the molecule is CC(C)C[C@H](NCC(=O)c1ccccc1)C(=O)CN1CCSc2ccccc2C1. The molecule has 0 amide bonds. The summed E-state index contributed by atoms with van der Waals surface area (Å²) in [5.41, 5.74) is 1.97. The number of nitrogens with one attached hydrogen (secondary N) is 1. The molecule has 0 radical (unpaired) electrons. The van der Waals surface area contributed by atoms with Crippen molar-refractivity contribution in [2.24, 2.45) is 5.92 Å². The van der Waals surface area contributed by atoms with E-state index in [-0.39, 0.29) is 24.2 Å². The third-order valence-corrected chi connectivity index (χ3v) is 6.21. The topological polar surface area (TPSA) is 49.4 Å². The first-order valence-corrected chi connectivity index (χ1v) is 11.3. The molecule has 5 heteroatoms. The van der Waals surface area contributed by atoms with Crippen LogP contribution in [0.5, 0.6) is 0 Å². The van der Waals surface area contributed by atoms with Crippen LogP contribution < -0.4 is 5.32 Å². The van der Waals surface area contributed by atoms with Gasteiger partial charge in [-0.1, -0.05) is 62.4 Å². The molecule has 1 aliphatic heterocycles. The number of hydrogen-bond acceptors (Lipinski definition) is 5. The van der Waals surface area contributed by atoms with Gasteiger partial charge in [-0.3, -0.25) is 14.5 Å². The number of Topliss-reactive ketones (excluding diaryl/α,β-unsaturated/α-hetero) is 2. The van der Waals surface area contributed by atoms with Gasteiger partial charge in [0.2, 0.25) is 0 Å². The number of carbonyl (C=O) groups excluding carboxylic acids is 2. The van der Waals surface area contributed by atoms with E-state index in [2.05, 4.69) is 48.3 Å². The fourth-order valence-electron chi connectivity index (χ4n) is 3.59. The minimum Gasteiger partial charge on any atom is -0.300 e. The van der Waals surface area contributed by atoms with Crippen molar-refractivity contribution in [1.29, 1.82) is 0 Å². The van der Waals surface area contributed by atoms with Crippen LogP contribution in [0.25, 0.3) is 0 Å². The first-order chi connectivity index (χ1) is 14.0. The largest absolute Gasteiger partial charge is 0.300 e. The van der Waals surface area contributed by atoms with E-state index in [0.717, 1.165) is 25.3 Å². The van der Waals surface area contributed by atoms with Crippen LogP contribution in [-0.4, -0.2) is 47.9 Å². The lowest BCUT2D eigenvalue weighted by atomic mass is 9.99. The van der Waals surface area contributed by atoms with Crippen LogP contribution in [0.2, 0.25) is 0 Å². The number of hydrogen-bond donors (Lipinski definition) is 1. The predicted octanol–water partition coefficient (Wildman–Crippen LogP) is 4.05. The molecule has 4 nitrogen and oxygen atoms in total. The van der Waals surface area contributed by atoms with Crippen LogP contribution in [0.1, 0.15) is 36.2 Å². The number of nitrogens with zero attached hydrogens (tertiary/aromatic N) is 1. The molecule has 2 aromatic rings. The van der Waals surface area contributed by atoms with Gasteiger partial charge in [-0.2, -0.15) is 0 Å². The molecule has 0 aliphatic carbocycles. The zero-order chi connectivity index (χ0) is 20.6. The highest BCUT2D eigenvalue weighted by atomic mass is 32.2. The molecule has 0 fully saturated rings. The standard InChI is InChI=1S/C24H30N2O2S/c1-18(2)14-21(25-15-22(27)19-8-4-3-5-9-19)23(28)17-26-12-13-29-24-11-7-6-10-20(24)16-26/h3-11,18,21,25H,12-17H2,1-2H3/t21-/m0/s1. The number of rotatable bonds is 9. The molecule has 0 saturated carbocycles. The van der Waals surface area contributed by atoms with Crippen LogP contribution in [0.4, 0.5) is 0 Å². The summed E-state index contributed by atoms with van der Waals surface area (Å²) in [4.78, 5) is 29.1. The molecular formula is C24H30N2O2S. The first-order valence-electron chi connectivity index (χ1n) is 10.3. The lowest BCUT2D eigenvalue weighted by Gasteiger charge is -2.24. The number of carbonyl (C=O) groups is 2. The molecule has 2 aromatic carbocycles. The molecule has 154 valence electrons. The van der Waals surface area contributed by atoms with Gasteiger partial charge in [0.15, 0.2) is 11.6 Å². The van der Waals surface area contributed by atoms with Crippen molar-refractivity contribution in [3.63, 3.8) is 0 Å². The highest BCUT2D eigenvalue weighted by Crippen LogP contribution is 2.27. The lowest BCUT2D eigenvalue weighted by molar-refractivity contribution is -0.122. The molecule has 1 heterocycles. The summed E-state index contributed by atoms with van der Waals surface area (Å²) < 4.78 is 0. The maximum Gasteiger partial charge on any atom is 0.176 e. The van der Waals surface area contributed by atoms with Gasteiger partial charge in [-0.25, -0.2) is 0 Å². The van der Waals surface area contributed by atoms with Crippen molar-refractivity contribution < 1.29 is 9.59 Å². The van der Waals surface area contributed by atoms with Gasteiger partial charge < -0.3 is 5.32 Å². The van der Waals surface area contributed by atoms with E-state index in [1.54, 1.807) is 0 Å². The summed E-state index contributed by atoms with van der Waals surface area (Å²) in [6.45, 7) is 6.51. The van der Waals surface area contributed by atoms with E-state index >= 15 is 0 Å². The highest BCUT2D eigenvalue weighted by molar-refractivity contribution is 7.99. The van der Waals surface area contributed by atoms with Gasteiger partial charge in [-0.15, -0.1) is 11.8 Å². The summed E-state index contributed by atoms with van der Waals surface area (Å²) in [5, 5.41) is 3.24. The third kappa shape index (κ3) is 6.53. The maximum atomic E-state index is 13.1. The van der Waals surface area contributed by atoms with E-state index in [1.165, 1.54) is 10.5 Å². The molecule has 0 saturated heterocycles. The molecular weight excluding hydrogens is 380 g/mol. The Kier molecular flexibility index (Phi) is 8.04. The zero-order valence-corrected chi connectivity index (χ0v) is 18.1. The second kappa shape index (κ2) is 10.7. The Morgan fingerprint density at radius 1 is 1.07 bits per heavy atom. The molecule has 1 aliphatic rings. The quantitative estimate of drug-likeness (QED) is 0.632. The predicted molar refractivity (Wildman–Crippen MR) is 119 cm³/mol. The Balaban J connectivity index is 1.60. The second-order valence-corrected chi connectivity index (χ2v) is 9.12. The molecule has 0 aromatic heterocycles. The average molecular weight is 411 g/mol. The Hall–Kier alpha value is -1.95. The van der Waals surface area contributed by atoms with Crippen molar-refractivity contribution in [2.75, 3.05) is 25.4 Å². The fraction of sp³-hybridized carbons (Fsp3) is 0.417. The van der Waals surface area contributed by atoms with Gasteiger partial charge >= 0.3 is 0 Å². The van der Waals surface area contributed by atoms with Gasteiger partial charge in [0.05, 0.1) is 19.1 Å². The molecule has 3 rings (SSSR count). The van der Waals surface area contributed by atoms with E-state index in [0.29, 0.717) is 18.0 Å². The van der Waals surface area contributed by atoms with Crippen LogP contribution in [-0.2, 0) is 11.3 Å². The molecule has 0 spiro atoms. The number of ketones is 2. The average Bonchev–Trinajstić information content (AvgIpc) is 2.92. The number of benzene rings is 2. The van der Waals surface area contributed by atoms with Crippen molar-refractivity contribution in [3.05, 3.63) is 65.7 Å². The molecule has 0 bridgehead atoms. The lowest BCUT2D eigenvalue weighted by Crippen LogP contribution is -2.45. The van der Waals surface area contributed by atoms with Crippen molar-refractivity contribution in [3.8, 4) is 0 Å². The van der Waals surface area contributed by atoms with Gasteiger partial charge in [0.1, 0.15) is 0 Å². The summed E-state index contributed by atoms with van der Waals surface area (Å²) in [5.74, 6) is 1.55. The normalized spacial score (nSPS) is 15.6. The van der Waals surface area contributed by atoms with E-state index < -0.39 is 0 Å². The van der Waals surface area contributed by atoms with E-state index in [4.69, 9.17) is 0 Å². The minimum atomic E-state index is -0.297. The summed E-state index contributed by atoms with van der Waals surface area (Å²) >= 11 is 1.86. The Labute approximate surface area is 178 Å². The number of fused-ring (bicyclic) bond motifs is 1. The highest BCUT2D eigenvalue weighted by Gasteiger charge is 2.24. The smallest absolute Gasteiger partial charge is 0.176 e. The van der Waals surface area contributed by atoms with Crippen LogP contribution >= 0.6 is 11.8 Å². The summed E-state index contributed by atoms with van der Waals surface area (Å²) in [7, 11) is 0. The van der Waals surface area contributed by atoms with Crippen molar-refractivity contribution in [1.82, 2.24) is 10.2 Å². The molecule has 0 unspecified atom stereocenters. The Bertz CT molecular complexity index is 823. The van der Waals surface area contributed by atoms with Crippen molar-refractivity contribution >= 4 is 23.3 Å². The summed E-state index contributed by atoms with van der Waals surface area (Å²) in [6.07, 6.45) is 0.736. The Morgan fingerprint density at radius 3 is 2.55 bits per heavy atom. The van der Waals surface area contributed by atoms with Crippen LogP contribution in [0, 0.1) is 5.92 Å². The van der Waals surface area contributed by atoms with Gasteiger partial charge in [-0.05, 0) is 24.0 Å². The monoisotopic (exact) mass is 410 g/mol. The van der Waals surface area contributed by atoms with E-state index in [9.17, 15) is 9.59 Å². The number of thioether (sulfide) groups is 1. The van der Waals surface area contributed by atoms with Gasteiger partial charge in [0.25, 0.3) is 0 Å². The maximum absolute atomic E-state index is 13.1. The third-order valence-electron chi connectivity index (χ3n) is 5.11. The zero-order valence-electron chi connectivity index (χ0n) is 17.3. The molecule has 1 atom stereocenters. The van der Waals surface area contributed by atoms with Crippen LogP contribution in [0.15, 0.2) is 59.5 Å². The molecule has 1 N–H and O–H groups in total. The second-order valence-electron chi connectivity index (χ2n) is 7.99. The minimum absolute atomic E-state index is 0.0206. The first kappa shape index (κ1) is 21.8. The fourth-order valence-corrected chi connectivity index (χ4v) is 4.65. The van der Waals surface area contributed by atoms with Gasteiger partial charge in [0, 0.05) is 29.3 Å².